The highest BCUT2D eigenvalue weighted by Crippen LogP contribution is 2.26. The zero-order chi connectivity index (χ0) is 50.4. The van der Waals surface area contributed by atoms with Crippen LogP contribution in [0, 0.1) is 0 Å². The summed E-state index contributed by atoms with van der Waals surface area (Å²) >= 11 is 0. The SMILES string of the molecule is CCC/C=C\C/C=C\CCCCCCCC(=O)OC1C(OCC(COC(=O)CCCCCCCCCCCCCCCCC)OC(=O)CCCCCCCCCCCCC)OC(C(=O)O)C(O)C1O. The van der Waals surface area contributed by atoms with E-state index >= 15 is 0 Å². The van der Waals surface area contributed by atoms with Crippen LogP contribution >= 0.6 is 0 Å². The number of hydrogen-bond donors (Lipinski definition) is 3. The lowest BCUT2D eigenvalue weighted by molar-refractivity contribution is -0.301. The average molecular weight is 979 g/mol. The second-order valence-electron chi connectivity index (χ2n) is 19.6. The number of carboxylic acids is 1. The molecular formula is C57H102O12. The normalized spacial score (nSPS) is 18.8. The lowest BCUT2D eigenvalue weighted by atomic mass is 9.98. The molecule has 12 heteroatoms. The van der Waals surface area contributed by atoms with Gasteiger partial charge in [-0.25, -0.2) is 4.79 Å². The van der Waals surface area contributed by atoms with Crippen molar-refractivity contribution in [2.45, 2.75) is 302 Å². The third-order valence-corrected chi connectivity index (χ3v) is 13.0. The second-order valence-corrected chi connectivity index (χ2v) is 19.6. The smallest absolute Gasteiger partial charge is 0.335 e. The van der Waals surface area contributed by atoms with Gasteiger partial charge in [0.15, 0.2) is 24.6 Å². The molecule has 0 bridgehead atoms. The molecule has 0 aliphatic carbocycles. The van der Waals surface area contributed by atoms with E-state index in [1.165, 1.54) is 116 Å². The summed E-state index contributed by atoms with van der Waals surface area (Å²) in [5.74, 6) is -3.11. The van der Waals surface area contributed by atoms with Crippen molar-refractivity contribution < 1.29 is 58.2 Å². The molecule has 6 atom stereocenters. The Labute approximate surface area is 419 Å². The number of rotatable bonds is 48. The van der Waals surface area contributed by atoms with Crippen molar-refractivity contribution in [3.8, 4) is 0 Å². The fourth-order valence-corrected chi connectivity index (χ4v) is 8.64. The van der Waals surface area contributed by atoms with E-state index in [0.29, 0.717) is 19.3 Å². The minimum atomic E-state index is -1.90. The molecule has 1 heterocycles. The summed E-state index contributed by atoms with van der Waals surface area (Å²) in [5, 5.41) is 31.4. The maximum Gasteiger partial charge on any atom is 0.335 e. The molecule has 1 rings (SSSR count). The van der Waals surface area contributed by atoms with E-state index in [-0.39, 0.29) is 25.9 Å². The monoisotopic (exact) mass is 979 g/mol. The number of aliphatic carboxylic acids is 1. The van der Waals surface area contributed by atoms with Gasteiger partial charge in [-0.1, -0.05) is 225 Å². The highest BCUT2D eigenvalue weighted by atomic mass is 16.7. The number of aliphatic hydroxyl groups is 2. The highest BCUT2D eigenvalue weighted by molar-refractivity contribution is 5.74. The zero-order valence-electron chi connectivity index (χ0n) is 44.1. The lowest BCUT2D eigenvalue weighted by Gasteiger charge is -2.40. The van der Waals surface area contributed by atoms with E-state index in [4.69, 9.17) is 23.7 Å². The topological polar surface area (TPSA) is 175 Å². The van der Waals surface area contributed by atoms with Gasteiger partial charge in [0, 0.05) is 19.3 Å². The molecule has 12 nitrogen and oxygen atoms in total. The zero-order valence-corrected chi connectivity index (χ0v) is 44.1. The minimum Gasteiger partial charge on any atom is -0.479 e. The summed E-state index contributed by atoms with van der Waals surface area (Å²) < 4.78 is 28.4. The summed E-state index contributed by atoms with van der Waals surface area (Å²) in [6.07, 6.45) is 38.7. The van der Waals surface area contributed by atoms with Gasteiger partial charge in [-0.15, -0.1) is 0 Å². The quantitative estimate of drug-likeness (QED) is 0.0228. The van der Waals surface area contributed by atoms with E-state index in [2.05, 4.69) is 45.1 Å². The summed E-state index contributed by atoms with van der Waals surface area (Å²) in [7, 11) is 0. The molecule has 6 unspecified atom stereocenters. The molecule has 402 valence electrons. The fraction of sp³-hybridized carbons (Fsp3) is 0.860. The molecule has 0 saturated carbocycles. The Kier molecular flexibility index (Phi) is 43.1. The van der Waals surface area contributed by atoms with E-state index in [1.807, 2.05) is 0 Å². The number of esters is 3. The van der Waals surface area contributed by atoms with Crippen LogP contribution in [0.3, 0.4) is 0 Å². The number of hydrogen-bond acceptors (Lipinski definition) is 11. The van der Waals surface area contributed by atoms with Crippen LogP contribution in [-0.4, -0.2) is 89.2 Å². The van der Waals surface area contributed by atoms with Crippen LogP contribution in [0.4, 0.5) is 0 Å². The van der Waals surface area contributed by atoms with Crippen LogP contribution in [0.1, 0.15) is 265 Å². The van der Waals surface area contributed by atoms with Crippen molar-refractivity contribution in [2.75, 3.05) is 13.2 Å². The summed E-state index contributed by atoms with van der Waals surface area (Å²) in [6, 6.07) is 0. The summed E-state index contributed by atoms with van der Waals surface area (Å²) in [5.41, 5.74) is 0. The van der Waals surface area contributed by atoms with E-state index in [0.717, 1.165) is 89.9 Å². The second kappa shape index (κ2) is 46.3. The number of unbranched alkanes of at least 4 members (excludes halogenated alkanes) is 30. The summed E-state index contributed by atoms with van der Waals surface area (Å²) in [6.45, 7) is 5.92. The third kappa shape index (κ3) is 36.7. The van der Waals surface area contributed by atoms with Crippen LogP contribution in [0.15, 0.2) is 24.3 Å². The number of aliphatic hydroxyl groups excluding tert-OH is 2. The van der Waals surface area contributed by atoms with Crippen molar-refractivity contribution in [3.05, 3.63) is 24.3 Å². The Hall–Kier alpha value is -2.80. The largest absolute Gasteiger partial charge is 0.479 e. The van der Waals surface area contributed by atoms with Crippen LogP contribution in [0.5, 0.6) is 0 Å². The van der Waals surface area contributed by atoms with E-state index < -0.39 is 67.3 Å². The number of carboxylic acid groups (broad SMARTS) is 1. The van der Waals surface area contributed by atoms with Crippen molar-refractivity contribution in [1.82, 2.24) is 0 Å². The Bertz CT molecular complexity index is 1300. The molecule has 1 aliphatic rings. The van der Waals surface area contributed by atoms with Gasteiger partial charge in [0.25, 0.3) is 0 Å². The minimum absolute atomic E-state index is 0.0486. The maximum absolute atomic E-state index is 13.1. The fourth-order valence-electron chi connectivity index (χ4n) is 8.64. The van der Waals surface area contributed by atoms with Crippen LogP contribution in [0.25, 0.3) is 0 Å². The number of allylic oxidation sites excluding steroid dienone is 4. The van der Waals surface area contributed by atoms with Gasteiger partial charge in [0.1, 0.15) is 18.8 Å². The highest BCUT2D eigenvalue weighted by Gasteiger charge is 2.50. The molecule has 1 fully saturated rings. The molecule has 0 aromatic carbocycles. The number of carbonyl (C=O) groups excluding carboxylic acids is 3. The molecular weight excluding hydrogens is 877 g/mol. The first-order chi connectivity index (χ1) is 33.6. The third-order valence-electron chi connectivity index (χ3n) is 13.0. The van der Waals surface area contributed by atoms with Gasteiger partial charge in [-0.05, 0) is 44.9 Å². The average Bonchev–Trinajstić information content (AvgIpc) is 3.33. The lowest BCUT2D eigenvalue weighted by Crippen LogP contribution is -2.61. The maximum atomic E-state index is 13.1. The van der Waals surface area contributed by atoms with Gasteiger partial charge in [-0.2, -0.15) is 0 Å². The van der Waals surface area contributed by atoms with Gasteiger partial charge < -0.3 is 39.0 Å². The standard InChI is InChI=1S/C57H102O12/c1-4-7-10-13-16-19-22-24-25-27-29-31-34-37-40-43-49(58)65-46-48(67-50(59)44-41-38-35-32-28-21-18-15-12-9-6-3)47-66-57-55(53(62)52(61)54(69-57)56(63)64)68-51(60)45-42-39-36-33-30-26-23-20-17-14-11-8-5-2/h11,14,20,23,48,52-55,57,61-62H,4-10,12-13,15-19,21-22,24-47H2,1-3H3,(H,63,64)/b14-11-,23-20-. The molecule has 0 radical (unpaired) electrons. The van der Waals surface area contributed by atoms with Crippen LogP contribution < -0.4 is 0 Å². The van der Waals surface area contributed by atoms with Gasteiger partial charge in [0.05, 0.1) is 6.61 Å². The first kappa shape index (κ1) is 64.2. The molecule has 69 heavy (non-hydrogen) atoms. The Morgan fingerprint density at radius 2 is 0.899 bits per heavy atom. The van der Waals surface area contributed by atoms with E-state index in [9.17, 15) is 34.5 Å². The molecule has 0 aromatic heterocycles. The van der Waals surface area contributed by atoms with Crippen molar-refractivity contribution in [2.24, 2.45) is 0 Å². The van der Waals surface area contributed by atoms with Gasteiger partial charge in [-0.3, -0.25) is 14.4 Å². The van der Waals surface area contributed by atoms with Crippen molar-refractivity contribution >= 4 is 23.9 Å². The van der Waals surface area contributed by atoms with Crippen molar-refractivity contribution in [3.63, 3.8) is 0 Å². The van der Waals surface area contributed by atoms with Crippen LogP contribution in [-0.2, 0) is 42.9 Å². The summed E-state index contributed by atoms with van der Waals surface area (Å²) in [4.78, 5) is 50.9. The molecule has 0 aromatic rings. The predicted molar refractivity (Wildman–Crippen MR) is 276 cm³/mol. The number of ether oxygens (including phenoxy) is 5. The van der Waals surface area contributed by atoms with Crippen molar-refractivity contribution in [1.29, 1.82) is 0 Å². The molecule has 0 spiro atoms. The number of carbonyl (C=O) groups is 4. The Morgan fingerprint density at radius 1 is 0.478 bits per heavy atom. The van der Waals surface area contributed by atoms with Crippen LogP contribution in [0.2, 0.25) is 0 Å². The molecule has 0 amide bonds. The van der Waals surface area contributed by atoms with Gasteiger partial charge in [0.2, 0.25) is 0 Å². The molecule has 1 aliphatic heterocycles. The van der Waals surface area contributed by atoms with E-state index in [1.54, 1.807) is 0 Å². The molecule has 3 N–H and O–H groups in total. The first-order valence-corrected chi connectivity index (χ1v) is 28.3. The Balaban J connectivity index is 2.69. The van der Waals surface area contributed by atoms with Gasteiger partial charge >= 0.3 is 23.9 Å². The molecule has 1 saturated heterocycles. The first-order valence-electron chi connectivity index (χ1n) is 28.3. The Morgan fingerprint density at radius 3 is 1.36 bits per heavy atom. The predicted octanol–water partition coefficient (Wildman–Crippen LogP) is 13.9.